The molecule has 0 aliphatic heterocycles. The lowest BCUT2D eigenvalue weighted by Crippen LogP contribution is -2.05. The van der Waals surface area contributed by atoms with Crippen molar-refractivity contribution < 1.29 is 19.6 Å². The van der Waals surface area contributed by atoms with Crippen molar-refractivity contribution in [1.82, 2.24) is 0 Å². The Morgan fingerprint density at radius 2 is 1.92 bits per heavy atom. The van der Waals surface area contributed by atoms with Gasteiger partial charge < -0.3 is 15.2 Å². The van der Waals surface area contributed by atoms with Crippen molar-refractivity contribution >= 4 is 33.8 Å². The van der Waals surface area contributed by atoms with Gasteiger partial charge in [-0.2, -0.15) is 0 Å². The maximum absolute atomic E-state index is 11.5. The molecule has 0 aliphatic carbocycles. The summed E-state index contributed by atoms with van der Waals surface area (Å²) in [5.74, 6) is -0.723. The highest BCUT2D eigenvalue weighted by Crippen LogP contribution is 2.36. The fourth-order valence-corrected chi connectivity index (χ4v) is 2.62. The first-order chi connectivity index (χ1) is 12.0. The van der Waals surface area contributed by atoms with Gasteiger partial charge in [-0.3, -0.25) is 10.1 Å². The molecule has 3 aromatic rings. The predicted molar refractivity (Wildman–Crippen MR) is 93.8 cm³/mol. The van der Waals surface area contributed by atoms with E-state index in [0.29, 0.717) is 11.4 Å². The van der Waals surface area contributed by atoms with Gasteiger partial charge in [0.15, 0.2) is 0 Å². The van der Waals surface area contributed by atoms with Crippen LogP contribution >= 0.6 is 0 Å². The molecule has 126 valence electrons. The topological polar surface area (TPSA) is 102 Å². The summed E-state index contributed by atoms with van der Waals surface area (Å²) in [4.78, 5) is 21.8. The minimum Gasteiger partial charge on any atom is -0.495 e. The maximum Gasteiger partial charge on any atom is 0.338 e. The fourth-order valence-electron chi connectivity index (χ4n) is 2.62. The second-order valence-corrected chi connectivity index (χ2v) is 5.28. The number of rotatable bonds is 5. The highest BCUT2D eigenvalue weighted by atomic mass is 16.6. The molecule has 0 heterocycles. The van der Waals surface area contributed by atoms with Crippen LogP contribution in [-0.4, -0.2) is 23.1 Å². The van der Waals surface area contributed by atoms with Crippen molar-refractivity contribution in [2.24, 2.45) is 0 Å². The van der Waals surface area contributed by atoms with E-state index in [4.69, 9.17) is 4.74 Å². The molecule has 25 heavy (non-hydrogen) atoms. The minimum absolute atomic E-state index is 0.191. The molecule has 0 saturated heterocycles. The number of carbonyl (C=O) groups is 1. The first kappa shape index (κ1) is 16.3. The third-order valence-corrected chi connectivity index (χ3v) is 3.81. The van der Waals surface area contributed by atoms with Crippen LogP contribution < -0.4 is 10.1 Å². The number of nitro groups is 1. The summed E-state index contributed by atoms with van der Waals surface area (Å²) in [5, 5.41) is 25.1. The number of nitro benzene ring substituents is 1. The normalized spacial score (nSPS) is 10.4. The van der Waals surface area contributed by atoms with Crippen LogP contribution in [0.4, 0.5) is 17.1 Å². The molecule has 0 aliphatic rings. The Morgan fingerprint density at radius 3 is 2.60 bits per heavy atom. The van der Waals surface area contributed by atoms with Gasteiger partial charge in [0.1, 0.15) is 5.75 Å². The lowest BCUT2D eigenvalue weighted by atomic mass is 10.1. The average Bonchev–Trinajstić information content (AvgIpc) is 2.62. The number of carboxylic acid groups (broad SMARTS) is 1. The number of carboxylic acids is 1. The molecule has 0 aromatic heterocycles. The highest BCUT2D eigenvalue weighted by Gasteiger charge is 2.18. The third kappa shape index (κ3) is 3.07. The largest absolute Gasteiger partial charge is 0.495 e. The summed E-state index contributed by atoms with van der Waals surface area (Å²) < 4.78 is 5.37. The van der Waals surface area contributed by atoms with Gasteiger partial charge >= 0.3 is 5.97 Å². The van der Waals surface area contributed by atoms with Crippen LogP contribution in [0.1, 0.15) is 10.4 Å². The number of anilines is 2. The van der Waals surface area contributed by atoms with E-state index >= 15 is 0 Å². The Bertz CT molecular complexity index is 984. The summed E-state index contributed by atoms with van der Waals surface area (Å²) in [5.41, 5.74) is 0.363. The van der Waals surface area contributed by atoms with Gasteiger partial charge in [0.05, 0.1) is 29.0 Å². The van der Waals surface area contributed by atoms with Crippen LogP contribution in [0.15, 0.2) is 54.6 Å². The molecular formula is C18H14N2O5. The number of ether oxygens (including phenoxy) is 1. The van der Waals surface area contributed by atoms with Crippen molar-refractivity contribution in [2.75, 3.05) is 12.4 Å². The van der Waals surface area contributed by atoms with Crippen molar-refractivity contribution in [3.63, 3.8) is 0 Å². The highest BCUT2D eigenvalue weighted by molar-refractivity contribution is 6.02. The molecule has 0 unspecified atom stereocenters. The van der Waals surface area contributed by atoms with E-state index in [1.54, 1.807) is 6.07 Å². The molecule has 3 rings (SSSR count). The molecular weight excluding hydrogens is 324 g/mol. The van der Waals surface area contributed by atoms with E-state index in [2.05, 4.69) is 5.32 Å². The minimum atomic E-state index is -1.26. The van der Waals surface area contributed by atoms with Crippen LogP contribution in [0.5, 0.6) is 5.75 Å². The van der Waals surface area contributed by atoms with Crippen LogP contribution in [0.2, 0.25) is 0 Å². The van der Waals surface area contributed by atoms with Gasteiger partial charge in [-0.15, -0.1) is 0 Å². The Kier molecular flexibility index (Phi) is 4.21. The number of methoxy groups -OCH3 is 1. The van der Waals surface area contributed by atoms with Gasteiger partial charge in [0, 0.05) is 17.5 Å². The SMILES string of the molecule is COc1ccc2ccccc2c1Nc1ccc([N+](=O)[O-])cc1C(=O)O. The third-order valence-electron chi connectivity index (χ3n) is 3.81. The number of hydrogen-bond donors (Lipinski definition) is 2. The Hall–Kier alpha value is -3.61. The molecule has 2 N–H and O–H groups in total. The van der Waals surface area contributed by atoms with Gasteiger partial charge in [-0.05, 0) is 17.5 Å². The summed E-state index contributed by atoms with van der Waals surface area (Å²) >= 11 is 0. The molecule has 3 aromatic carbocycles. The number of non-ortho nitro benzene ring substituents is 1. The van der Waals surface area contributed by atoms with Crippen molar-refractivity contribution in [3.05, 3.63) is 70.3 Å². The van der Waals surface area contributed by atoms with Gasteiger partial charge in [0.25, 0.3) is 5.69 Å². The number of aromatic carboxylic acids is 1. The zero-order chi connectivity index (χ0) is 18.0. The van der Waals surface area contributed by atoms with E-state index in [9.17, 15) is 20.0 Å². The Morgan fingerprint density at radius 1 is 1.16 bits per heavy atom. The lowest BCUT2D eigenvalue weighted by Gasteiger charge is -2.15. The van der Waals surface area contributed by atoms with Gasteiger partial charge in [0.2, 0.25) is 0 Å². The van der Waals surface area contributed by atoms with E-state index in [1.807, 2.05) is 30.3 Å². The van der Waals surface area contributed by atoms with E-state index in [1.165, 1.54) is 19.2 Å². The molecule has 0 saturated carbocycles. The smallest absolute Gasteiger partial charge is 0.338 e. The molecule has 7 nitrogen and oxygen atoms in total. The molecule has 0 fully saturated rings. The zero-order valence-electron chi connectivity index (χ0n) is 13.2. The number of fused-ring (bicyclic) bond motifs is 1. The molecule has 0 bridgehead atoms. The first-order valence-electron chi connectivity index (χ1n) is 7.35. The van der Waals surface area contributed by atoms with Crippen molar-refractivity contribution in [3.8, 4) is 5.75 Å². The lowest BCUT2D eigenvalue weighted by molar-refractivity contribution is -0.384. The van der Waals surface area contributed by atoms with E-state index in [0.717, 1.165) is 16.8 Å². The second kappa shape index (κ2) is 6.48. The van der Waals surface area contributed by atoms with Gasteiger partial charge in [-0.25, -0.2) is 4.79 Å². The Labute approximate surface area is 142 Å². The van der Waals surface area contributed by atoms with Crippen molar-refractivity contribution in [2.45, 2.75) is 0 Å². The standard InChI is InChI=1S/C18H14N2O5/c1-25-16-9-6-11-4-2-3-5-13(11)17(16)19-15-8-7-12(20(23)24)10-14(15)18(21)22/h2-10,19H,1H3,(H,21,22). The number of hydrogen-bond acceptors (Lipinski definition) is 5. The van der Waals surface area contributed by atoms with Crippen LogP contribution in [-0.2, 0) is 0 Å². The van der Waals surface area contributed by atoms with E-state index in [-0.39, 0.29) is 16.9 Å². The zero-order valence-corrected chi connectivity index (χ0v) is 13.2. The molecule has 0 atom stereocenters. The number of benzene rings is 3. The number of nitrogens with one attached hydrogen (secondary N) is 1. The monoisotopic (exact) mass is 338 g/mol. The van der Waals surface area contributed by atoms with Gasteiger partial charge in [-0.1, -0.05) is 30.3 Å². The molecule has 0 amide bonds. The summed E-state index contributed by atoms with van der Waals surface area (Å²) in [6, 6.07) is 14.9. The summed E-state index contributed by atoms with van der Waals surface area (Å²) in [6.07, 6.45) is 0. The van der Waals surface area contributed by atoms with E-state index < -0.39 is 10.9 Å². The van der Waals surface area contributed by atoms with Crippen LogP contribution in [0.25, 0.3) is 10.8 Å². The molecule has 0 radical (unpaired) electrons. The van der Waals surface area contributed by atoms with Crippen LogP contribution in [0.3, 0.4) is 0 Å². The average molecular weight is 338 g/mol. The first-order valence-corrected chi connectivity index (χ1v) is 7.35. The van der Waals surface area contributed by atoms with Crippen molar-refractivity contribution in [1.29, 1.82) is 0 Å². The molecule has 0 spiro atoms. The second-order valence-electron chi connectivity index (χ2n) is 5.28. The predicted octanol–water partition coefficient (Wildman–Crippen LogP) is 4.20. The number of nitrogens with zero attached hydrogens (tertiary/aromatic N) is 1. The molecule has 7 heteroatoms. The summed E-state index contributed by atoms with van der Waals surface area (Å²) in [6.45, 7) is 0. The summed E-state index contributed by atoms with van der Waals surface area (Å²) in [7, 11) is 1.52. The quantitative estimate of drug-likeness (QED) is 0.534. The Balaban J connectivity index is 2.16. The van der Waals surface area contributed by atoms with Crippen LogP contribution in [0, 0.1) is 10.1 Å². The fraction of sp³-hybridized carbons (Fsp3) is 0.0556. The maximum atomic E-state index is 11.5.